The quantitative estimate of drug-likeness (QED) is 0.700. The molecule has 2 N–H and O–H groups in total. The van der Waals surface area contributed by atoms with Crippen LogP contribution in [0, 0.1) is 5.82 Å². The summed E-state index contributed by atoms with van der Waals surface area (Å²) in [7, 11) is 0. The zero-order valence-electron chi connectivity index (χ0n) is 10.7. The highest BCUT2D eigenvalue weighted by Gasteiger charge is 2.07. The maximum Gasteiger partial charge on any atom is 0.198 e. The number of aliphatic imine (C=N–C) groups is 1. The number of nitrogens with one attached hydrogen (secondary N) is 1. The van der Waals surface area contributed by atoms with Gasteiger partial charge in [0.25, 0.3) is 0 Å². The lowest BCUT2D eigenvalue weighted by Gasteiger charge is -1.96. The summed E-state index contributed by atoms with van der Waals surface area (Å²) in [6.45, 7) is 0.372. The van der Waals surface area contributed by atoms with Gasteiger partial charge in [-0.2, -0.15) is 0 Å². The summed E-state index contributed by atoms with van der Waals surface area (Å²) < 4.78 is 13.0. The van der Waals surface area contributed by atoms with Gasteiger partial charge in [0, 0.05) is 17.1 Å². The number of para-hydroxylation sites is 1. The van der Waals surface area contributed by atoms with Gasteiger partial charge in [0.05, 0.1) is 12.1 Å². The fourth-order valence-corrected chi connectivity index (χ4v) is 2.16. The van der Waals surface area contributed by atoms with Crippen molar-refractivity contribution in [2.75, 3.05) is 0 Å². The summed E-state index contributed by atoms with van der Waals surface area (Å²) in [6, 6.07) is 13.9. The Kier molecular flexibility index (Phi) is 3.21. The molecule has 0 radical (unpaired) electrons. The molecule has 0 amide bonds. The number of fused-ring (bicyclic) bond motifs is 1. The van der Waals surface area contributed by atoms with Gasteiger partial charge in [0.1, 0.15) is 5.82 Å². The molecule has 3 rings (SSSR count). The Morgan fingerprint density at radius 1 is 1.15 bits per heavy atom. The van der Waals surface area contributed by atoms with Crippen molar-refractivity contribution in [2.24, 2.45) is 4.99 Å². The maximum atomic E-state index is 13.0. The van der Waals surface area contributed by atoms with E-state index in [9.17, 15) is 9.50 Å². The third-order valence-corrected chi connectivity index (χ3v) is 3.11. The monoisotopic (exact) mass is 268 g/mol. The Morgan fingerprint density at radius 2 is 2.00 bits per heavy atom. The van der Waals surface area contributed by atoms with Crippen molar-refractivity contribution in [3.63, 3.8) is 0 Å². The van der Waals surface area contributed by atoms with E-state index in [1.807, 2.05) is 30.3 Å². The summed E-state index contributed by atoms with van der Waals surface area (Å²) in [5.41, 5.74) is 2.30. The first kappa shape index (κ1) is 12.4. The molecule has 0 aliphatic carbocycles. The normalized spacial score (nSPS) is 11.4. The number of hydrogen-bond acceptors (Lipinski definition) is 2. The largest absolute Gasteiger partial charge is 0.494 e. The number of hydrogen-bond donors (Lipinski definition) is 2. The van der Waals surface area contributed by atoms with Crippen LogP contribution in [0.1, 0.15) is 11.1 Å². The second-order valence-electron chi connectivity index (χ2n) is 4.53. The molecule has 0 saturated carbocycles. The Bertz CT molecular complexity index is 777. The number of aromatic amines is 1. The van der Waals surface area contributed by atoms with E-state index < -0.39 is 0 Å². The van der Waals surface area contributed by atoms with Crippen molar-refractivity contribution in [1.82, 2.24) is 4.98 Å². The van der Waals surface area contributed by atoms with E-state index in [0.717, 1.165) is 16.5 Å². The summed E-state index contributed by atoms with van der Waals surface area (Å²) in [4.78, 5) is 7.15. The lowest BCUT2D eigenvalue weighted by atomic mass is 10.2. The Labute approximate surface area is 115 Å². The van der Waals surface area contributed by atoms with Gasteiger partial charge in [-0.1, -0.05) is 30.3 Å². The van der Waals surface area contributed by atoms with Crippen LogP contribution in [0.4, 0.5) is 4.39 Å². The van der Waals surface area contributed by atoms with Crippen LogP contribution in [-0.4, -0.2) is 16.3 Å². The van der Waals surface area contributed by atoms with Crippen LogP contribution in [0.2, 0.25) is 0 Å². The Balaban J connectivity index is 1.86. The van der Waals surface area contributed by atoms with Crippen molar-refractivity contribution >= 4 is 17.1 Å². The van der Waals surface area contributed by atoms with Gasteiger partial charge < -0.3 is 10.1 Å². The van der Waals surface area contributed by atoms with Crippen molar-refractivity contribution in [3.8, 4) is 5.88 Å². The molecule has 0 spiro atoms. The average Bonchev–Trinajstić information content (AvgIpc) is 2.75. The molecule has 0 bridgehead atoms. The molecule has 4 heteroatoms. The lowest BCUT2D eigenvalue weighted by Crippen LogP contribution is -1.85. The number of rotatable bonds is 3. The van der Waals surface area contributed by atoms with E-state index in [1.165, 1.54) is 12.1 Å². The van der Waals surface area contributed by atoms with Crippen LogP contribution in [0.25, 0.3) is 10.9 Å². The van der Waals surface area contributed by atoms with Crippen molar-refractivity contribution in [3.05, 3.63) is 65.5 Å². The standard InChI is InChI=1S/C16H13FN2O/c17-12-5-3-4-11(8-12)9-18-10-14-13-6-1-2-7-15(13)19-16(14)20/h1-8,10,19-20H,9H2. The van der Waals surface area contributed by atoms with Crippen molar-refractivity contribution in [2.45, 2.75) is 6.54 Å². The third kappa shape index (κ3) is 2.40. The first-order chi connectivity index (χ1) is 9.74. The van der Waals surface area contributed by atoms with E-state index in [1.54, 1.807) is 12.3 Å². The number of nitrogens with zero attached hydrogens (tertiary/aromatic N) is 1. The number of benzene rings is 2. The summed E-state index contributed by atoms with van der Waals surface area (Å²) >= 11 is 0. The maximum absolute atomic E-state index is 13.0. The Hall–Kier alpha value is -2.62. The third-order valence-electron chi connectivity index (χ3n) is 3.11. The van der Waals surface area contributed by atoms with Gasteiger partial charge in [0.2, 0.25) is 0 Å². The van der Waals surface area contributed by atoms with Gasteiger partial charge in [-0.05, 0) is 23.8 Å². The second-order valence-corrected chi connectivity index (χ2v) is 4.53. The SMILES string of the molecule is Oc1[nH]c2ccccc2c1C=NCc1cccc(F)c1. The molecule has 1 heterocycles. The minimum absolute atomic E-state index is 0.0918. The van der Waals surface area contributed by atoms with Crippen molar-refractivity contribution < 1.29 is 9.50 Å². The highest BCUT2D eigenvalue weighted by atomic mass is 19.1. The molecule has 0 fully saturated rings. The van der Waals surface area contributed by atoms with Crippen LogP contribution >= 0.6 is 0 Å². The predicted molar refractivity (Wildman–Crippen MR) is 77.7 cm³/mol. The smallest absolute Gasteiger partial charge is 0.198 e. The molecule has 20 heavy (non-hydrogen) atoms. The van der Waals surface area contributed by atoms with Crippen LogP contribution < -0.4 is 0 Å². The lowest BCUT2D eigenvalue weighted by molar-refractivity contribution is 0.457. The molecule has 0 aliphatic heterocycles. The van der Waals surface area contributed by atoms with E-state index in [-0.39, 0.29) is 11.7 Å². The molecule has 0 atom stereocenters. The van der Waals surface area contributed by atoms with Crippen molar-refractivity contribution in [1.29, 1.82) is 0 Å². The van der Waals surface area contributed by atoms with E-state index in [4.69, 9.17) is 0 Å². The van der Waals surface area contributed by atoms with Gasteiger partial charge in [0.15, 0.2) is 5.88 Å². The van der Waals surface area contributed by atoms with E-state index >= 15 is 0 Å². The van der Waals surface area contributed by atoms with Gasteiger partial charge >= 0.3 is 0 Å². The fraction of sp³-hybridized carbons (Fsp3) is 0.0625. The number of aromatic nitrogens is 1. The summed E-state index contributed by atoms with van der Waals surface area (Å²) in [5, 5.41) is 10.8. The molecule has 3 nitrogen and oxygen atoms in total. The average molecular weight is 268 g/mol. The molecular formula is C16H13FN2O. The number of halogens is 1. The molecule has 0 unspecified atom stereocenters. The van der Waals surface area contributed by atoms with Crippen LogP contribution in [0.5, 0.6) is 5.88 Å². The zero-order chi connectivity index (χ0) is 13.9. The topological polar surface area (TPSA) is 48.4 Å². The number of aromatic hydroxyl groups is 1. The van der Waals surface area contributed by atoms with E-state index in [0.29, 0.717) is 12.1 Å². The summed E-state index contributed by atoms with van der Waals surface area (Å²) in [6.07, 6.45) is 1.61. The minimum atomic E-state index is -0.271. The first-order valence-corrected chi connectivity index (χ1v) is 6.28. The highest BCUT2D eigenvalue weighted by molar-refractivity contribution is 6.01. The second kappa shape index (κ2) is 5.17. The van der Waals surface area contributed by atoms with Crippen LogP contribution in [0.15, 0.2) is 53.5 Å². The first-order valence-electron chi connectivity index (χ1n) is 6.28. The van der Waals surface area contributed by atoms with Crippen LogP contribution in [-0.2, 0) is 6.54 Å². The summed E-state index contributed by atoms with van der Waals surface area (Å²) in [5.74, 6) is -0.179. The molecule has 1 aromatic heterocycles. The Morgan fingerprint density at radius 3 is 2.85 bits per heavy atom. The highest BCUT2D eigenvalue weighted by Crippen LogP contribution is 2.25. The van der Waals surface area contributed by atoms with Crippen LogP contribution in [0.3, 0.4) is 0 Å². The molecule has 0 aliphatic rings. The van der Waals surface area contributed by atoms with Gasteiger partial charge in [-0.3, -0.25) is 4.99 Å². The molecule has 100 valence electrons. The number of H-pyrrole nitrogens is 1. The molecule has 3 aromatic rings. The van der Waals surface area contributed by atoms with Gasteiger partial charge in [-0.25, -0.2) is 4.39 Å². The predicted octanol–water partition coefficient (Wildman–Crippen LogP) is 3.63. The van der Waals surface area contributed by atoms with E-state index in [2.05, 4.69) is 9.98 Å². The zero-order valence-corrected chi connectivity index (χ0v) is 10.7. The fourth-order valence-electron chi connectivity index (χ4n) is 2.16. The molecule has 0 saturated heterocycles. The molecular weight excluding hydrogens is 255 g/mol. The minimum Gasteiger partial charge on any atom is -0.494 e. The molecule has 2 aromatic carbocycles. The van der Waals surface area contributed by atoms with Gasteiger partial charge in [-0.15, -0.1) is 0 Å².